The lowest BCUT2D eigenvalue weighted by atomic mass is 10.3. The smallest absolute Gasteiger partial charge is 0.124 e. The second-order valence-corrected chi connectivity index (χ2v) is 2.91. The molecule has 0 atom stereocenters. The fourth-order valence-electron chi connectivity index (χ4n) is 1.08. The average Bonchev–Trinajstić information content (AvgIpc) is 2.63. The quantitative estimate of drug-likeness (QED) is 0.668. The van der Waals surface area contributed by atoms with Gasteiger partial charge in [0, 0.05) is 7.05 Å². The summed E-state index contributed by atoms with van der Waals surface area (Å²) in [7, 11) is 1.83. The van der Waals surface area contributed by atoms with Gasteiger partial charge in [0.1, 0.15) is 5.69 Å². The van der Waals surface area contributed by atoms with Gasteiger partial charge in [0.15, 0.2) is 0 Å². The molecule has 0 saturated carbocycles. The first kappa shape index (κ1) is 8.62. The minimum absolute atomic E-state index is 0.761. The molecule has 0 bridgehead atoms. The highest BCUT2D eigenvalue weighted by Crippen LogP contribution is 2.08. The zero-order chi connectivity index (χ0) is 9.80. The fraction of sp³-hybridized carbons (Fsp3) is 0.100. The summed E-state index contributed by atoms with van der Waals surface area (Å²) >= 11 is 0. The SMILES string of the molecule is Cn1cc(C=Nc2ccccc2)nn1. The molecule has 0 fully saturated rings. The van der Waals surface area contributed by atoms with E-state index in [-0.39, 0.29) is 0 Å². The summed E-state index contributed by atoms with van der Waals surface area (Å²) in [5.41, 5.74) is 1.68. The van der Waals surface area contributed by atoms with Crippen LogP contribution in [0.2, 0.25) is 0 Å². The van der Waals surface area contributed by atoms with Crippen molar-refractivity contribution in [1.82, 2.24) is 15.0 Å². The number of rotatable bonds is 2. The van der Waals surface area contributed by atoms with Gasteiger partial charge in [-0.1, -0.05) is 23.4 Å². The molecule has 2 rings (SSSR count). The first-order chi connectivity index (χ1) is 6.84. The minimum Gasteiger partial charge on any atom is -0.255 e. The zero-order valence-corrected chi connectivity index (χ0v) is 7.83. The number of aryl methyl sites for hydroxylation is 1. The Morgan fingerprint density at radius 1 is 1.29 bits per heavy atom. The summed E-state index contributed by atoms with van der Waals surface area (Å²) in [6.07, 6.45) is 3.51. The molecule has 1 heterocycles. The lowest BCUT2D eigenvalue weighted by molar-refractivity contribution is 0.714. The molecule has 14 heavy (non-hydrogen) atoms. The summed E-state index contributed by atoms with van der Waals surface area (Å²) in [5.74, 6) is 0. The lowest BCUT2D eigenvalue weighted by Crippen LogP contribution is -1.85. The Morgan fingerprint density at radius 2 is 2.07 bits per heavy atom. The maximum Gasteiger partial charge on any atom is 0.124 e. The lowest BCUT2D eigenvalue weighted by Gasteiger charge is -1.88. The van der Waals surface area contributed by atoms with Crippen LogP contribution in [0.15, 0.2) is 41.5 Å². The molecule has 0 aliphatic carbocycles. The molecular formula is C10H10N4. The molecule has 0 radical (unpaired) electrons. The highest BCUT2D eigenvalue weighted by Gasteiger charge is 1.92. The Labute approximate surface area is 81.9 Å². The van der Waals surface area contributed by atoms with Gasteiger partial charge in [0.05, 0.1) is 18.1 Å². The zero-order valence-electron chi connectivity index (χ0n) is 7.83. The molecule has 1 aromatic heterocycles. The number of aliphatic imine (C=N–C) groups is 1. The minimum atomic E-state index is 0.761. The van der Waals surface area contributed by atoms with Gasteiger partial charge < -0.3 is 0 Å². The monoisotopic (exact) mass is 186 g/mol. The van der Waals surface area contributed by atoms with Crippen molar-refractivity contribution in [3.8, 4) is 0 Å². The van der Waals surface area contributed by atoms with E-state index in [1.165, 1.54) is 0 Å². The van der Waals surface area contributed by atoms with E-state index in [1.807, 2.05) is 43.6 Å². The van der Waals surface area contributed by atoms with Crippen molar-refractivity contribution >= 4 is 11.9 Å². The summed E-state index contributed by atoms with van der Waals surface area (Å²) in [4.78, 5) is 4.25. The molecule has 0 unspecified atom stereocenters. The normalized spacial score (nSPS) is 10.9. The van der Waals surface area contributed by atoms with Gasteiger partial charge in [-0.05, 0) is 12.1 Å². The first-order valence-corrected chi connectivity index (χ1v) is 4.30. The topological polar surface area (TPSA) is 43.1 Å². The number of hydrogen-bond acceptors (Lipinski definition) is 3. The number of aromatic nitrogens is 3. The number of nitrogens with zero attached hydrogens (tertiary/aromatic N) is 4. The molecule has 70 valence electrons. The molecule has 0 N–H and O–H groups in total. The van der Waals surface area contributed by atoms with Crippen LogP contribution in [0.3, 0.4) is 0 Å². The van der Waals surface area contributed by atoms with E-state index in [0.29, 0.717) is 0 Å². The largest absolute Gasteiger partial charge is 0.255 e. The predicted molar refractivity (Wildman–Crippen MR) is 54.7 cm³/mol. The molecule has 0 saturated heterocycles. The van der Waals surface area contributed by atoms with Crippen molar-refractivity contribution in [2.45, 2.75) is 0 Å². The van der Waals surface area contributed by atoms with Gasteiger partial charge in [-0.15, -0.1) is 5.10 Å². The highest BCUT2D eigenvalue weighted by molar-refractivity contribution is 5.78. The molecule has 2 aromatic rings. The Morgan fingerprint density at radius 3 is 2.71 bits per heavy atom. The second-order valence-electron chi connectivity index (χ2n) is 2.91. The molecule has 0 amide bonds. The second kappa shape index (κ2) is 3.83. The van der Waals surface area contributed by atoms with Gasteiger partial charge in [0.2, 0.25) is 0 Å². The molecule has 0 spiro atoms. The molecule has 4 heteroatoms. The third-order valence-electron chi connectivity index (χ3n) is 1.72. The van der Waals surface area contributed by atoms with Crippen molar-refractivity contribution in [3.63, 3.8) is 0 Å². The maximum atomic E-state index is 4.25. The van der Waals surface area contributed by atoms with Crippen LogP contribution in [-0.4, -0.2) is 21.2 Å². The molecular weight excluding hydrogens is 176 g/mol. The number of para-hydroxylation sites is 1. The van der Waals surface area contributed by atoms with Gasteiger partial charge >= 0.3 is 0 Å². The van der Waals surface area contributed by atoms with Crippen LogP contribution in [0.25, 0.3) is 0 Å². The third-order valence-corrected chi connectivity index (χ3v) is 1.72. The van der Waals surface area contributed by atoms with Crippen molar-refractivity contribution < 1.29 is 0 Å². The average molecular weight is 186 g/mol. The predicted octanol–water partition coefficient (Wildman–Crippen LogP) is 1.57. The van der Waals surface area contributed by atoms with Crippen LogP contribution >= 0.6 is 0 Å². The van der Waals surface area contributed by atoms with E-state index < -0.39 is 0 Å². The van der Waals surface area contributed by atoms with E-state index in [1.54, 1.807) is 10.9 Å². The third kappa shape index (κ3) is 2.04. The van der Waals surface area contributed by atoms with Crippen molar-refractivity contribution in [2.24, 2.45) is 12.0 Å². The van der Waals surface area contributed by atoms with E-state index in [4.69, 9.17) is 0 Å². The van der Waals surface area contributed by atoms with E-state index in [2.05, 4.69) is 15.3 Å². The van der Waals surface area contributed by atoms with Crippen LogP contribution in [0, 0.1) is 0 Å². The Kier molecular flexibility index (Phi) is 2.36. The summed E-state index contributed by atoms with van der Waals surface area (Å²) in [5, 5.41) is 7.70. The van der Waals surface area contributed by atoms with E-state index >= 15 is 0 Å². The van der Waals surface area contributed by atoms with E-state index in [9.17, 15) is 0 Å². The van der Waals surface area contributed by atoms with Crippen LogP contribution in [0.1, 0.15) is 5.69 Å². The van der Waals surface area contributed by atoms with Crippen LogP contribution in [0.4, 0.5) is 5.69 Å². The Bertz CT molecular complexity index is 430. The van der Waals surface area contributed by atoms with Crippen LogP contribution < -0.4 is 0 Å². The van der Waals surface area contributed by atoms with Crippen molar-refractivity contribution in [1.29, 1.82) is 0 Å². The Balaban J connectivity index is 2.15. The van der Waals surface area contributed by atoms with Gasteiger partial charge in [-0.3, -0.25) is 9.67 Å². The molecule has 4 nitrogen and oxygen atoms in total. The number of benzene rings is 1. The van der Waals surface area contributed by atoms with Gasteiger partial charge in [0.25, 0.3) is 0 Å². The first-order valence-electron chi connectivity index (χ1n) is 4.30. The molecule has 0 aliphatic heterocycles. The van der Waals surface area contributed by atoms with Gasteiger partial charge in [-0.2, -0.15) is 0 Å². The highest BCUT2D eigenvalue weighted by atomic mass is 15.4. The van der Waals surface area contributed by atoms with Crippen LogP contribution in [-0.2, 0) is 7.05 Å². The summed E-state index contributed by atoms with van der Waals surface area (Å²) in [6, 6.07) is 9.73. The fourth-order valence-corrected chi connectivity index (χ4v) is 1.08. The Hall–Kier alpha value is -1.97. The standard InChI is InChI=1S/C10H10N4/c1-14-8-10(12-13-14)7-11-9-5-3-2-4-6-9/h2-8H,1H3. The molecule has 1 aromatic carbocycles. The van der Waals surface area contributed by atoms with Crippen molar-refractivity contribution in [3.05, 3.63) is 42.2 Å². The van der Waals surface area contributed by atoms with E-state index in [0.717, 1.165) is 11.4 Å². The maximum absolute atomic E-state index is 4.25. The summed E-state index contributed by atoms with van der Waals surface area (Å²) in [6.45, 7) is 0. The van der Waals surface area contributed by atoms with Gasteiger partial charge in [-0.25, -0.2) is 0 Å². The summed E-state index contributed by atoms with van der Waals surface area (Å²) < 4.78 is 1.65. The number of hydrogen-bond donors (Lipinski definition) is 0. The van der Waals surface area contributed by atoms with Crippen molar-refractivity contribution in [2.75, 3.05) is 0 Å². The molecule has 0 aliphatic rings. The van der Waals surface area contributed by atoms with Crippen LogP contribution in [0.5, 0.6) is 0 Å².